The van der Waals surface area contributed by atoms with Crippen molar-refractivity contribution in [1.29, 1.82) is 0 Å². The summed E-state index contributed by atoms with van der Waals surface area (Å²) in [5.74, 6) is 0. The first kappa shape index (κ1) is 16.1. The first-order chi connectivity index (χ1) is 10.3. The van der Waals surface area contributed by atoms with E-state index >= 15 is 0 Å². The summed E-state index contributed by atoms with van der Waals surface area (Å²) in [7, 11) is 0. The number of aromatic nitrogens is 2. The smallest absolute Gasteiger partial charge is 0.0803 e. The van der Waals surface area contributed by atoms with Crippen LogP contribution in [0.3, 0.4) is 0 Å². The van der Waals surface area contributed by atoms with Gasteiger partial charge in [0.25, 0.3) is 0 Å². The molecule has 0 aliphatic rings. The molecule has 1 unspecified atom stereocenters. The van der Waals surface area contributed by atoms with Crippen molar-refractivity contribution in [1.82, 2.24) is 14.9 Å². The molecule has 0 saturated heterocycles. The molecule has 0 fully saturated rings. The van der Waals surface area contributed by atoms with Gasteiger partial charge in [0.15, 0.2) is 0 Å². The van der Waals surface area contributed by atoms with Crippen LogP contribution in [0.5, 0.6) is 0 Å². The third-order valence-corrected chi connectivity index (χ3v) is 4.59. The zero-order valence-corrected chi connectivity index (χ0v) is 14.0. The Morgan fingerprint density at radius 2 is 1.81 bits per heavy atom. The number of aryl methyl sites for hydroxylation is 2. The maximum atomic E-state index is 4.31. The Morgan fingerprint density at radius 1 is 1.10 bits per heavy atom. The topological polar surface area (TPSA) is 37.8 Å². The van der Waals surface area contributed by atoms with Gasteiger partial charge in [0.1, 0.15) is 0 Å². The number of benzene rings is 1. The average Bonchev–Trinajstić information content (AvgIpc) is 2.96. The number of rotatable bonds is 8. The number of nitrogens with one attached hydrogen (secondary N) is 1. The second-order valence-electron chi connectivity index (χ2n) is 5.32. The van der Waals surface area contributed by atoms with Crippen molar-refractivity contribution in [2.75, 3.05) is 6.54 Å². The van der Waals surface area contributed by atoms with Crippen molar-refractivity contribution in [2.24, 2.45) is 0 Å². The molecule has 2 rings (SSSR count). The summed E-state index contributed by atoms with van der Waals surface area (Å²) < 4.78 is 4.16. The molecule has 21 heavy (non-hydrogen) atoms. The Labute approximate surface area is 132 Å². The van der Waals surface area contributed by atoms with E-state index in [1.165, 1.54) is 21.7 Å². The fourth-order valence-corrected chi connectivity index (χ4v) is 3.31. The maximum absolute atomic E-state index is 4.31. The Hall–Kier alpha value is -1.26. The molecule has 0 aliphatic carbocycles. The number of hydrogen-bond donors (Lipinski definition) is 1. The summed E-state index contributed by atoms with van der Waals surface area (Å²) in [5.41, 5.74) is 3.93. The fourth-order valence-electron chi connectivity index (χ4n) is 2.54. The molecule has 1 aromatic carbocycles. The SMILES string of the molecule is CCCc1nnsc1C(Cc1ccc(CC)cc1)NCC. The van der Waals surface area contributed by atoms with Gasteiger partial charge in [-0.2, -0.15) is 0 Å². The van der Waals surface area contributed by atoms with E-state index in [2.05, 4.69) is 59.9 Å². The number of nitrogens with zero attached hydrogens (tertiary/aromatic N) is 2. The molecule has 0 saturated carbocycles. The van der Waals surface area contributed by atoms with E-state index in [4.69, 9.17) is 0 Å². The largest absolute Gasteiger partial charge is 0.309 e. The van der Waals surface area contributed by atoms with Crippen molar-refractivity contribution in [3.05, 3.63) is 46.0 Å². The lowest BCUT2D eigenvalue weighted by atomic mass is 10.0. The van der Waals surface area contributed by atoms with Crippen LogP contribution in [0.1, 0.15) is 54.9 Å². The van der Waals surface area contributed by atoms with Gasteiger partial charge >= 0.3 is 0 Å². The number of hydrogen-bond acceptors (Lipinski definition) is 4. The molecule has 2 aromatic rings. The van der Waals surface area contributed by atoms with Gasteiger partial charge in [-0.3, -0.25) is 0 Å². The molecule has 0 bridgehead atoms. The average molecular weight is 303 g/mol. The van der Waals surface area contributed by atoms with Gasteiger partial charge in [0, 0.05) is 6.04 Å². The van der Waals surface area contributed by atoms with Crippen LogP contribution in [-0.2, 0) is 19.3 Å². The lowest BCUT2D eigenvalue weighted by Gasteiger charge is -2.17. The van der Waals surface area contributed by atoms with Crippen molar-refractivity contribution < 1.29 is 0 Å². The van der Waals surface area contributed by atoms with Crippen LogP contribution in [0, 0.1) is 0 Å². The predicted octanol–water partition coefficient (Wildman–Crippen LogP) is 3.95. The van der Waals surface area contributed by atoms with Crippen molar-refractivity contribution in [2.45, 2.75) is 52.5 Å². The summed E-state index contributed by atoms with van der Waals surface area (Å²) in [5, 5.41) is 7.90. The lowest BCUT2D eigenvalue weighted by Crippen LogP contribution is -2.23. The second-order valence-corrected chi connectivity index (χ2v) is 6.10. The highest BCUT2D eigenvalue weighted by molar-refractivity contribution is 7.05. The normalized spacial score (nSPS) is 12.5. The molecule has 3 nitrogen and oxygen atoms in total. The van der Waals surface area contributed by atoms with Gasteiger partial charge in [0.05, 0.1) is 10.6 Å². The van der Waals surface area contributed by atoms with E-state index in [-0.39, 0.29) is 0 Å². The summed E-state index contributed by atoms with van der Waals surface area (Å²) in [6.07, 6.45) is 4.22. The predicted molar refractivity (Wildman–Crippen MR) is 89.8 cm³/mol. The van der Waals surface area contributed by atoms with Gasteiger partial charge in [-0.15, -0.1) is 5.10 Å². The summed E-state index contributed by atoms with van der Waals surface area (Å²) in [6.45, 7) is 7.49. The Morgan fingerprint density at radius 3 is 2.43 bits per heavy atom. The minimum Gasteiger partial charge on any atom is -0.309 e. The van der Waals surface area contributed by atoms with Crippen LogP contribution in [0.4, 0.5) is 0 Å². The second kappa shape index (κ2) is 8.25. The molecule has 0 amide bonds. The zero-order valence-electron chi connectivity index (χ0n) is 13.2. The molecule has 0 aliphatic heterocycles. The van der Waals surface area contributed by atoms with E-state index < -0.39 is 0 Å². The molecule has 4 heteroatoms. The third-order valence-electron chi connectivity index (χ3n) is 3.71. The van der Waals surface area contributed by atoms with Crippen molar-refractivity contribution >= 4 is 11.5 Å². The summed E-state index contributed by atoms with van der Waals surface area (Å²) >= 11 is 1.54. The van der Waals surface area contributed by atoms with Crippen molar-refractivity contribution in [3.8, 4) is 0 Å². The Balaban J connectivity index is 2.15. The van der Waals surface area contributed by atoms with Gasteiger partial charge in [-0.1, -0.05) is 55.9 Å². The van der Waals surface area contributed by atoms with Crippen LogP contribution in [0.15, 0.2) is 24.3 Å². The van der Waals surface area contributed by atoms with Crippen LogP contribution in [0.2, 0.25) is 0 Å². The Bertz CT molecular complexity index is 533. The first-order valence-corrected chi connectivity index (χ1v) is 8.68. The van der Waals surface area contributed by atoms with Gasteiger partial charge in [-0.25, -0.2) is 0 Å². The molecular formula is C17H25N3S. The summed E-state index contributed by atoms with van der Waals surface area (Å²) in [4.78, 5) is 1.30. The van der Waals surface area contributed by atoms with Crippen LogP contribution in [0.25, 0.3) is 0 Å². The van der Waals surface area contributed by atoms with Gasteiger partial charge in [-0.05, 0) is 48.5 Å². The highest BCUT2D eigenvalue weighted by Crippen LogP contribution is 2.25. The lowest BCUT2D eigenvalue weighted by molar-refractivity contribution is 0.552. The molecule has 1 atom stereocenters. The minimum atomic E-state index is 0.323. The molecule has 1 aromatic heterocycles. The molecular weight excluding hydrogens is 278 g/mol. The van der Waals surface area contributed by atoms with E-state index in [1.54, 1.807) is 11.5 Å². The monoisotopic (exact) mass is 303 g/mol. The zero-order chi connectivity index (χ0) is 15.1. The number of likely N-dealkylation sites (N-methyl/N-ethyl adjacent to an activating group) is 1. The van der Waals surface area contributed by atoms with Crippen molar-refractivity contribution in [3.63, 3.8) is 0 Å². The van der Waals surface area contributed by atoms with E-state index in [1.807, 2.05) is 0 Å². The highest BCUT2D eigenvalue weighted by atomic mass is 32.1. The van der Waals surface area contributed by atoms with Crippen LogP contribution in [-0.4, -0.2) is 16.1 Å². The minimum absolute atomic E-state index is 0.323. The fraction of sp³-hybridized carbons (Fsp3) is 0.529. The molecule has 0 spiro atoms. The molecule has 1 N–H and O–H groups in total. The van der Waals surface area contributed by atoms with E-state index in [9.17, 15) is 0 Å². The van der Waals surface area contributed by atoms with Crippen LogP contribution < -0.4 is 5.32 Å². The van der Waals surface area contributed by atoms with Gasteiger partial charge in [0.2, 0.25) is 0 Å². The molecule has 114 valence electrons. The third kappa shape index (κ3) is 4.35. The Kier molecular flexibility index (Phi) is 6.33. The first-order valence-electron chi connectivity index (χ1n) is 7.90. The standard InChI is InChI=1S/C17H25N3S/c1-4-7-15-17(21-20-19-15)16(18-6-3)12-14-10-8-13(5-2)9-11-14/h8-11,16,18H,4-7,12H2,1-3H3. The van der Waals surface area contributed by atoms with E-state index in [0.29, 0.717) is 6.04 Å². The van der Waals surface area contributed by atoms with Crippen LogP contribution >= 0.6 is 11.5 Å². The summed E-state index contributed by atoms with van der Waals surface area (Å²) in [6, 6.07) is 9.28. The highest BCUT2D eigenvalue weighted by Gasteiger charge is 2.18. The van der Waals surface area contributed by atoms with Gasteiger partial charge < -0.3 is 5.32 Å². The molecule has 0 radical (unpaired) electrons. The quantitative estimate of drug-likeness (QED) is 0.802. The maximum Gasteiger partial charge on any atom is 0.0803 e. The van der Waals surface area contributed by atoms with E-state index in [0.717, 1.165) is 32.2 Å². The molecule has 1 heterocycles.